The van der Waals surface area contributed by atoms with Crippen LogP contribution in [0, 0.1) is 5.92 Å². The average Bonchev–Trinajstić information content (AvgIpc) is 2.59. The number of rotatable bonds is 1. The van der Waals surface area contributed by atoms with E-state index in [9.17, 15) is 18.0 Å². The molecule has 1 unspecified atom stereocenters. The van der Waals surface area contributed by atoms with Gasteiger partial charge in [-0.2, -0.15) is 13.2 Å². The normalized spacial score (nSPS) is 19.2. The number of carbonyl (C=O) groups excluding carboxylic acids is 1. The lowest BCUT2D eigenvalue weighted by Gasteiger charge is -2.27. The van der Waals surface area contributed by atoms with Gasteiger partial charge in [-0.15, -0.1) is 0 Å². The molecule has 1 aliphatic heterocycles. The zero-order valence-corrected chi connectivity index (χ0v) is 12.1. The van der Waals surface area contributed by atoms with Crippen LogP contribution in [0.3, 0.4) is 0 Å². The number of hydrogen-bond acceptors (Lipinski definition) is 4. The Kier molecular flexibility index (Phi) is 3.67. The number of alkyl halides is 3. The second kappa shape index (κ2) is 4.92. The van der Waals surface area contributed by atoms with Gasteiger partial charge in [-0.1, -0.05) is 0 Å². The standard InChI is InChI=1S/C13H18F3N3O2/c1-12(2,3)21-11(20)9-10(17)18-8-5-4-7(6-19(8)9)13(14,15)16/h7H,4-6,17H2,1-3H3. The van der Waals surface area contributed by atoms with Crippen molar-refractivity contribution < 1.29 is 22.7 Å². The molecule has 0 saturated carbocycles. The zero-order chi connectivity index (χ0) is 16.0. The molecule has 118 valence electrons. The second-order valence-electron chi connectivity index (χ2n) is 6.15. The Morgan fingerprint density at radius 3 is 2.52 bits per heavy atom. The van der Waals surface area contributed by atoms with Gasteiger partial charge in [0.25, 0.3) is 0 Å². The van der Waals surface area contributed by atoms with Gasteiger partial charge < -0.3 is 15.0 Å². The Morgan fingerprint density at radius 1 is 1.38 bits per heavy atom. The minimum atomic E-state index is -4.30. The Bertz CT molecular complexity index is 558. The first-order valence-corrected chi connectivity index (χ1v) is 6.64. The number of aromatic nitrogens is 2. The molecule has 5 nitrogen and oxygen atoms in total. The molecule has 8 heteroatoms. The lowest BCUT2D eigenvalue weighted by Crippen LogP contribution is -2.34. The van der Waals surface area contributed by atoms with Crippen LogP contribution in [0.2, 0.25) is 0 Å². The predicted molar refractivity (Wildman–Crippen MR) is 69.7 cm³/mol. The molecule has 0 fully saturated rings. The molecule has 1 atom stereocenters. The molecule has 0 saturated heterocycles. The van der Waals surface area contributed by atoms with E-state index < -0.39 is 23.7 Å². The Hall–Kier alpha value is -1.73. The van der Waals surface area contributed by atoms with Crippen LogP contribution in [0.5, 0.6) is 0 Å². The number of fused-ring (bicyclic) bond motifs is 1. The minimum Gasteiger partial charge on any atom is -0.455 e. The maximum absolute atomic E-state index is 12.9. The van der Waals surface area contributed by atoms with E-state index in [1.807, 2.05) is 0 Å². The molecule has 1 aromatic heterocycles. The number of nitrogen functional groups attached to an aromatic ring is 1. The topological polar surface area (TPSA) is 70.1 Å². The van der Waals surface area contributed by atoms with Crippen LogP contribution in [0.15, 0.2) is 0 Å². The number of aryl methyl sites for hydroxylation is 1. The molecular formula is C13H18F3N3O2. The summed E-state index contributed by atoms with van der Waals surface area (Å²) in [5.41, 5.74) is 4.83. The van der Waals surface area contributed by atoms with Crippen molar-refractivity contribution in [3.63, 3.8) is 0 Å². The van der Waals surface area contributed by atoms with Crippen LogP contribution in [0.1, 0.15) is 43.5 Å². The van der Waals surface area contributed by atoms with Gasteiger partial charge in [0, 0.05) is 13.0 Å². The van der Waals surface area contributed by atoms with Crippen molar-refractivity contribution in [2.24, 2.45) is 5.92 Å². The van der Waals surface area contributed by atoms with Crippen molar-refractivity contribution in [1.82, 2.24) is 9.55 Å². The fourth-order valence-electron chi connectivity index (χ4n) is 2.33. The molecule has 0 amide bonds. The molecule has 21 heavy (non-hydrogen) atoms. The third-order valence-corrected chi connectivity index (χ3v) is 3.25. The van der Waals surface area contributed by atoms with Crippen LogP contribution in [0.4, 0.5) is 19.0 Å². The highest BCUT2D eigenvalue weighted by Gasteiger charge is 2.43. The molecule has 0 aromatic carbocycles. The van der Waals surface area contributed by atoms with E-state index in [2.05, 4.69) is 4.98 Å². The van der Waals surface area contributed by atoms with E-state index in [1.165, 1.54) is 4.57 Å². The summed E-state index contributed by atoms with van der Waals surface area (Å²) in [4.78, 5) is 16.1. The Labute approximate surface area is 120 Å². The number of hydrogen-bond donors (Lipinski definition) is 1. The molecule has 0 aliphatic carbocycles. The first-order valence-electron chi connectivity index (χ1n) is 6.64. The van der Waals surface area contributed by atoms with Crippen molar-refractivity contribution in [3.8, 4) is 0 Å². The van der Waals surface area contributed by atoms with Gasteiger partial charge in [0.1, 0.15) is 11.4 Å². The maximum atomic E-state index is 12.9. The van der Waals surface area contributed by atoms with Crippen LogP contribution in [0.25, 0.3) is 0 Å². The highest BCUT2D eigenvalue weighted by molar-refractivity contribution is 5.92. The van der Waals surface area contributed by atoms with E-state index in [0.29, 0.717) is 5.82 Å². The lowest BCUT2D eigenvalue weighted by atomic mass is 9.99. The zero-order valence-electron chi connectivity index (χ0n) is 12.1. The third kappa shape index (κ3) is 3.30. The maximum Gasteiger partial charge on any atom is 0.393 e. The summed E-state index contributed by atoms with van der Waals surface area (Å²) in [6.07, 6.45) is -4.22. The van der Waals surface area contributed by atoms with E-state index >= 15 is 0 Å². The average molecular weight is 305 g/mol. The fraction of sp³-hybridized carbons (Fsp3) is 0.692. The van der Waals surface area contributed by atoms with Gasteiger partial charge >= 0.3 is 12.1 Å². The number of carbonyl (C=O) groups is 1. The largest absolute Gasteiger partial charge is 0.455 e. The molecule has 2 heterocycles. The molecule has 1 aliphatic rings. The predicted octanol–water partition coefficient (Wildman–Crippen LogP) is 2.55. The molecule has 1 aromatic rings. The van der Waals surface area contributed by atoms with Gasteiger partial charge in [-0.05, 0) is 27.2 Å². The fourth-order valence-corrected chi connectivity index (χ4v) is 2.33. The van der Waals surface area contributed by atoms with Gasteiger partial charge in [-0.3, -0.25) is 0 Å². The second-order valence-corrected chi connectivity index (χ2v) is 6.15. The van der Waals surface area contributed by atoms with Crippen LogP contribution in [-0.2, 0) is 17.7 Å². The van der Waals surface area contributed by atoms with Gasteiger partial charge in [0.2, 0.25) is 0 Å². The van der Waals surface area contributed by atoms with Gasteiger partial charge in [-0.25, -0.2) is 9.78 Å². The molecule has 0 radical (unpaired) electrons. The van der Waals surface area contributed by atoms with Crippen molar-refractivity contribution in [2.45, 2.75) is 51.9 Å². The van der Waals surface area contributed by atoms with Gasteiger partial charge in [0.05, 0.1) is 5.92 Å². The number of halogens is 3. The summed E-state index contributed by atoms with van der Waals surface area (Å²) in [7, 11) is 0. The molecule has 2 N–H and O–H groups in total. The van der Waals surface area contributed by atoms with E-state index in [4.69, 9.17) is 10.5 Å². The first kappa shape index (κ1) is 15.7. The monoisotopic (exact) mass is 305 g/mol. The lowest BCUT2D eigenvalue weighted by molar-refractivity contribution is -0.182. The number of anilines is 1. The van der Waals surface area contributed by atoms with Crippen LogP contribution >= 0.6 is 0 Å². The summed E-state index contributed by atoms with van der Waals surface area (Å²) in [5.74, 6) is -1.93. The van der Waals surface area contributed by atoms with E-state index in [-0.39, 0.29) is 30.9 Å². The Morgan fingerprint density at radius 2 is 2.00 bits per heavy atom. The summed E-state index contributed by atoms with van der Waals surface area (Å²) in [5, 5.41) is 0. The summed E-state index contributed by atoms with van der Waals surface area (Å²) in [6, 6.07) is 0. The molecular weight excluding hydrogens is 287 g/mol. The van der Waals surface area contributed by atoms with Crippen molar-refractivity contribution >= 4 is 11.8 Å². The highest BCUT2D eigenvalue weighted by Crippen LogP contribution is 2.36. The third-order valence-electron chi connectivity index (χ3n) is 3.25. The summed E-state index contributed by atoms with van der Waals surface area (Å²) in [6.45, 7) is 4.67. The number of esters is 1. The smallest absolute Gasteiger partial charge is 0.393 e. The first-order chi connectivity index (χ1) is 9.49. The van der Waals surface area contributed by atoms with Crippen LogP contribution in [-0.4, -0.2) is 27.3 Å². The van der Waals surface area contributed by atoms with E-state index in [1.54, 1.807) is 20.8 Å². The van der Waals surface area contributed by atoms with Crippen molar-refractivity contribution in [1.29, 1.82) is 0 Å². The SMILES string of the molecule is CC(C)(C)OC(=O)c1c(N)nc2n1CC(C(F)(F)F)CC2. The number of ether oxygens (including phenoxy) is 1. The molecule has 0 bridgehead atoms. The van der Waals surface area contributed by atoms with Crippen LogP contribution < -0.4 is 5.73 Å². The van der Waals surface area contributed by atoms with Crippen molar-refractivity contribution in [2.75, 3.05) is 5.73 Å². The number of imidazole rings is 1. The number of nitrogens with two attached hydrogens (primary N) is 1. The summed E-state index contributed by atoms with van der Waals surface area (Å²) >= 11 is 0. The quantitative estimate of drug-likeness (QED) is 0.809. The summed E-state index contributed by atoms with van der Waals surface area (Å²) < 4.78 is 45.0. The highest BCUT2D eigenvalue weighted by atomic mass is 19.4. The number of nitrogens with zero attached hydrogens (tertiary/aromatic N) is 2. The van der Waals surface area contributed by atoms with E-state index in [0.717, 1.165) is 0 Å². The van der Waals surface area contributed by atoms with Crippen molar-refractivity contribution in [3.05, 3.63) is 11.5 Å². The molecule has 0 spiro atoms. The Balaban J connectivity index is 2.33. The molecule has 2 rings (SSSR count). The minimum absolute atomic E-state index is 0.0479. The van der Waals surface area contributed by atoms with Gasteiger partial charge in [0.15, 0.2) is 11.5 Å².